The number of nitrogens with two attached hydrogens (primary N) is 2. The van der Waals surface area contributed by atoms with Crippen molar-refractivity contribution in [3.63, 3.8) is 0 Å². The first-order chi connectivity index (χ1) is 18.6. The molecule has 1 saturated heterocycles. The van der Waals surface area contributed by atoms with Crippen molar-refractivity contribution in [2.75, 3.05) is 24.3 Å². The molecule has 2 aromatic heterocycles. The third-order valence-electron chi connectivity index (χ3n) is 7.70. The van der Waals surface area contributed by atoms with Crippen LogP contribution >= 0.6 is 11.3 Å². The minimum absolute atomic E-state index is 0.00235. The van der Waals surface area contributed by atoms with E-state index in [1.807, 2.05) is 6.92 Å². The Bertz CT molecular complexity index is 1350. The van der Waals surface area contributed by atoms with Gasteiger partial charge < -0.3 is 26.6 Å². The Kier molecular flexibility index (Phi) is 7.64. The quantitative estimate of drug-likeness (QED) is 0.360. The number of amides is 1. The van der Waals surface area contributed by atoms with Gasteiger partial charge in [0, 0.05) is 38.3 Å². The molecule has 1 aromatic carbocycles. The number of nitrogen functional groups attached to an aromatic ring is 1. The maximum absolute atomic E-state index is 15.3. The van der Waals surface area contributed by atoms with Crippen LogP contribution in [0.1, 0.15) is 60.1 Å². The van der Waals surface area contributed by atoms with E-state index in [0.717, 1.165) is 29.0 Å². The van der Waals surface area contributed by atoms with Gasteiger partial charge in [0.2, 0.25) is 0 Å². The summed E-state index contributed by atoms with van der Waals surface area (Å²) >= 11 is 0.760. The summed E-state index contributed by atoms with van der Waals surface area (Å²) in [5.41, 5.74) is 10.8. The van der Waals surface area contributed by atoms with Crippen LogP contribution in [-0.4, -0.2) is 46.3 Å². The predicted octanol–water partition coefficient (Wildman–Crippen LogP) is 4.49. The van der Waals surface area contributed by atoms with Crippen molar-refractivity contribution in [3.8, 4) is 10.6 Å². The number of carbonyl (C=O) groups is 1. The molecular weight excluding hydrogens is 531 g/mol. The number of aromatic nitrogens is 2. The van der Waals surface area contributed by atoms with Crippen molar-refractivity contribution in [3.05, 3.63) is 59.0 Å². The van der Waals surface area contributed by atoms with Gasteiger partial charge in [0.15, 0.2) is 5.69 Å². The molecule has 1 aliphatic carbocycles. The van der Waals surface area contributed by atoms with Crippen molar-refractivity contribution in [1.82, 2.24) is 9.97 Å². The van der Waals surface area contributed by atoms with Gasteiger partial charge in [-0.25, -0.2) is 18.2 Å². The van der Waals surface area contributed by atoms with Gasteiger partial charge in [0.05, 0.1) is 23.6 Å². The molecule has 1 amide bonds. The summed E-state index contributed by atoms with van der Waals surface area (Å²) in [6.07, 6.45) is 3.72. The standard InChI is InChI=1S/C27H30F3N5O3S/c1-13-8-14(9-19(31)23(13)36)16-2-5-33-12-20(16)34-25(37)22-24(32)39-26(35-22)21-17(28)10-15(11-18(21)29)27(30)3-6-38-7-4-27/h2,5,10-14,19,23,36H,3-4,6-9,31-32H2,1H3,(H,34,37)/t13-,14+,19+,23+/m0/s1. The average molecular weight is 562 g/mol. The second-order valence-electron chi connectivity index (χ2n) is 10.3. The second kappa shape index (κ2) is 10.8. The second-order valence-corrected chi connectivity index (χ2v) is 11.4. The molecule has 5 rings (SSSR count). The SMILES string of the molecule is C[C@H]1C[C@@H](c2ccncc2NC(=O)c2nc(-c3c(F)cc(C4(F)CCOCC4)cc3F)sc2N)C[C@@H](N)[C@@H]1O. The van der Waals surface area contributed by atoms with E-state index in [4.69, 9.17) is 16.2 Å². The number of anilines is 2. The zero-order chi connectivity index (χ0) is 27.9. The minimum atomic E-state index is -1.88. The van der Waals surface area contributed by atoms with Crippen LogP contribution in [-0.2, 0) is 10.4 Å². The van der Waals surface area contributed by atoms with Crippen LogP contribution in [0.4, 0.5) is 23.9 Å². The van der Waals surface area contributed by atoms with Crippen LogP contribution < -0.4 is 16.8 Å². The van der Waals surface area contributed by atoms with Crippen LogP contribution in [0.15, 0.2) is 30.6 Å². The number of thiazole rings is 1. The Morgan fingerprint density at radius 1 is 1.23 bits per heavy atom. The molecule has 2 fully saturated rings. The third-order valence-corrected chi connectivity index (χ3v) is 8.61. The lowest BCUT2D eigenvalue weighted by Crippen LogP contribution is -2.44. The van der Waals surface area contributed by atoms with Gasteiger partial charge in [-0.05, 0) is 54.0 Å². The van der Waals surface area contributed by atoms with Crippen LogP contribution in [0.3, 0.4) is 0 Å². The lowest BCUT2D eigenvalue weighted by atomic mass is 9.74. The van der Waals surface area contributed by atoms with Gasteiger partial charge >= 0.3 is 0 Å². The van der Waals surface area contributed by atoms with Gasteiger partial charge in [-0.1, -0.05) is 18.3 Å². The van der Waals surface area contributed by atoms with E-state index >= 15 is 13.2 Å². The number of halogens is 3. The predicted molar refractivity (Wildman–Crippen MR) is 142 cm³/mol. The van der Waals surface area contributed by atoms with E-state index in [1.165, 1.54) is 6.20 Å². The van der Waals surface area contributed by atoms with Gasteiger partial charge in [-0.2, -0.15) is 0 Å². The summed E-state index contributed by atoms with van der Waals surface area (Å²) in [6, 6.07) is 3.32. The molecule has 6 N–H and O–H groups in total. The Morgan fingerprint density at radius 2 is 1.92 bits per heavy atom. The largest absolute Gasteiger partial charge is 0.391 e. The fourth-order valence-electron chi connectivity index (χ4n) is 5.50. The van der Waals surface area contributed by atoms with E-state index in [1.54, 1.807) is 12.3 Å². The molecule has 0 bridgehead atoms. The van der Waals surface area contributed by atoms with Gasteiger partial charge in [-0.15, -0.1) is 0 Å². The Morgan fingerprint density at radius 3 is 2.59 bits per heavy atom. The number of benzene rings is 1. The summed E-state index contributed by atoms with van der Waals surface area (Å²) in [4.78, 5) is 21.4. The normalized spacial score (nSPS) is 24.9. The first-order valence-electron chi connectivity index (χ1n) is 12.8. The highest BCUT2D eigenvalue weighted by atomic mass is 32.1. The monoisotopic (exact) mass is 561 g/mol. The number of nitrogens with one attached hydrogen (secondary N) is 1. The van der Waals surface area contributed by atoms with Crippen LogP contribution in [0.2, 0.25) is 0 Å². The number of ether oxygens (including phenoxy) is 1. The highest BCUT2D eigenvalue weighted by molar-refractivity contribution is 7.19. The zero-order valence-corrected chi connectivity index (χ0v) is 22.1. The molecule has 39 heavy (non-hydrogen) atoms. The zero-order valence-electron chi connectivity index (χ0n) is 21.3. The van der Waals surface area contributed by atoms with Crippen molar-refractivity contribution < 1.29 is 27.8 Å². The maximum Gasteiger partial charge on any atom is 0.277 e. The molecule has 8 nitrogen and oxygen atoms in total. The summed E-state index contributed by atoms with van der Waals surface area (Å²) < 4.78 is 50.7. The molecule has 2 aliphatic rings. The number of aliphatic hydroxyl groups is 1. The molecule has 12 heteroatoms. The number of hydrogen-bond acceptors (Lipinski definition) is 8. The highest BCUT2D eigenvalue weighted by Gasteiger charge is 2.37. The molecule has 0 spiro atoms. The van der Waals surface area contributed by atoms with Gasteiger partial charge in [0.1, 0.15) is 27.3 Å². The lowest BCUT2D eigenvalue weighted by molar-refractivity contribution is -0.0117. The minimum Gasteiger partial charge on any atom is -0.391 e. The number of rotatable bonds is 5. The van der Waals surface area contributed by atoms with Crippen LogP contribution in [0, 0.1) is 17.6 Å². The van der Waals surface area contributed by atoms with E-state index in [0.29, 0.717) is 18.5 Å². The molecule has 0 radical (unpaired) electrons. The van der Waals surface area contributed by atoms with E-state index in [2.05, 4.69) is 15.3 Å². The fourth-order valence-corrected chi connectivity index (χ4v) is 6.37. The van der Waals surface area contributed by atoms with Crippen molar-refractivity contribution in [2.24, 2.45) is 11.7 Å². The van der Waals surface area contributed by atoms with Crippen LogP contribution in [0.5, 0.6) is 0 Å². The van der Waals surface area contributed by atoms with Crippen LogP contribution in [0.25, 0.3) is 10.6 Å². The van der Waals surface area contributed by atoms with Crippen molar-refractivity contribution in [2.45, 2.75) is 56.3 Å². The summed E-state index contributed by atoms with van der Waals surface area (Å²) in [5.74, 6) is -2.69. The fraction of sp³-hybridized carbons (Fsp3) is 0.444. The first-order valence-corrected chi connectivity index (χ1v) is 13.6. The topological polar surface area (TPSA) is 136 Å². The first kappa shape index (κ1) is 27.5. The third kappa shape index (κ3) is 5.38. The van der Waals surface area contributed by atoms with Gasteiger partial charge in [-0.3, -0.25) is 9.78 Å². The van der Waals surface area contributed by atoms with E-state index in [9.17, 15) is 9.90 Å². The number of pyridine rings is 1. The molecule has 208 valence electrons. The molecule has 0 unspecified atom stereocenters. The Labute approximate surface area is 227 Å². The molecular formula is C27H30F3N5O3S. The Balaban J connectivity index is 1.40. The summed E-state index contributed by atoms with van der Waals surface area (Å²) in [6.45, 7) is 2.25. The molecule has 1 saturated carbocycles. The number of carbonyl (C=O) groups excluding carboxylic acids is 1. The number of hydrogen-bond donors (Lipinski definition) is 4. The average Bonchev–Trinajstić information content (AvgIpc) is 3.28. The molecule has 4 atom stereocenters. The smallest absolute Gasteiger partial charge is 0.277 e. The Hall–Kier alpha value is -3.06. The molecule has 3 heterocycles. The van der Waals surface area contributed by atoms with Crippen molar-refractivity contribution >= 4 is 27.9 Å². The molecule has 3 aromatic rings. The van der Waals surface area contributed by atoms with Gasteiger partial charge in [0.25, 0.3) is 5.91 Å². The highest BCUT2D eigenvalue weighted by Crippen LogP contribution is 2.41. The maximum atomic E-state index is 15.3. The number of aliphatic hydroxyl groups excluding tert-OH is 1. The number of alkyl halides is 1. The lowest BCUT2D eigenvalue weighted by Gasteiger charge is -2.36. The molecule has 1 aliphatic heterocycles. The number of nitrogens with zero attached hydrogens (tertiary/aromatic N) is 2. The summed E-state index contributed by atoms with van der Waals surface area (Å²) in [5, 5.41) is 12.8. The van der Waals surface area contributed by atoms with E-state index < -0.39 is 40.9 Å². The van der Waals surface area contributed by atoms with E-state index in [-0.39, 0.29) is 59.2 Å². The van der Waals surface area contributed by atoms with Crippen molar-refractivity contribution in [1.29, 1.82) is 0 Å². The summed E-state index contributed by atoms with van der Waals surface area (Å²) in [7, 11) is 0.